The topological polar surface area (TPSA) is 49.9 Å². The van der Waals surface area contributed by atoms with Crippen LogP contribution in [0.4, 0.5) is 0 Å². The molecular formula is C12H22N2O3. The quantitative estimate of drug-likeness (QED) is 0.658. The molecule has 0 spiro atoms. The molecule has 98 valence electrons. The van der Waals surface area contributed by atoms with E-state index >= 15 is 0 Å². The number of cyclic esters (lactones) is 1. The highest BCUT2D eigenvalue weighted by molar-refractivity contribution is 5.81. The van der Waals surface area contributed by atoms with Crippen LogP contribution in [-0.4, -0.2) is 60.5 Å². The Balaban J connectivity index is 2.51. The van der Waals surface area contributed by atoms with Crippen molar-refractivity contribution in [3.8, 4) is 0 Å². The highest BCUT2D eigenvalue weighted by Gasteiger charge is 2.35. The highest BCUT2D eigenvalue weighted by atomic mass is 16.6. The van der Waals surface area contributed by atoms with Crippen LogP contribution >= 0.6 is 0 Å². The second-order valence-corrected chi connectivity index (χ2v) is 4.48. The van der Waals surface area contributed by atoms with Crippen molar-refractivity contribution in [1.82, 2.24) is 9.80 Å². The maximum Gasteiger partial charge on any atom is 0.323 e. The van der Waals surface area contributed by atoms with E-state index in [0.29, 0.717) is 19.5 Å². The van der Waals surface area contributed by atoms with Gasteiger partial charge in [0.05, 0.1) is 6.54 Å². The Labute approximate surface area is 103 Å². The third-order valence-electron chi connectivity index (χ3n) is 3.18. The number of carbonyl (C=O) groups excluding carboxylic acids is 2. The third kappa shape index (κ3) is 3.43. The predicted molar refractivity (Wildman–Crippen MR) is 64.5 cm³/mol. The second-order valence-electron chi connectivity index (χ2n) is 4.48. The second kappa shape index (κ2) is 6.00. The molecule has 1 saturated heterocycles. The molecule has 2 atom stereocenters. The zero-order valence-corrected chi connectivity index (χ0v) is 11.1. The minimum Gasteiger partial charge on any atom is -0.461 e. The van der Waals surface area contributed by atoms with Crippen LogP contribution in [0.5, 0.6) is 0 Å². The van der Waals surface area contributed by atoms with E-state index in [4.69, 9.17) is 4.74 Å². The summed E-state index contributed by atoms with van der Waals surface area (Å²) in [7, 11) is 1.80. The Morgan fingerprint density at radius 1 is 1.41 bits per heavy atom. The Kier molecular flexibility index (Phi) is 4.93. The Bertz CT molecular complexity index is 289. The lowest BCUT2D eigenvalue weighted by atomic mass is 10.1. The first kappa shape index (κ1) is 14.0. The number of hydrogen-bond donors (Lipinski definition) is 0. The zero-order chi connectivity index (χ0) is 13.0. The average Bonchev–Trinajstić information content (AvgIpc) is 2.59. The van der Waals surface area contributed by atoms with Gasteiger partial charge in [-0.2, -0.15) is 0 Å². The van der Waals surface area contributed by atoms with Crippen LogP contribution in [0.1, 0.15) is 27.2 Å². The molecule has 0 radical (unpaired) electrons. The van der Waals surface area contributed by atoms with Crippen molar-refractivity contribution in [2.24, 2.45) is 0 Å². The first-order valence-corrected chi connectivity index (χ1v) is 6.18. The van der Waals surface area contributed by atoms with E-state index in [0.717, 1.165) is 0 Å². The fourth-order valence-corrected chi connectivity index (χ4v) is 2.10. The van der Waals surface area contributed by atoms with E-state index in [1.165, 1.54) is 0 Å². The van der Waals surface area contributed by atoms with Crippen LogP contribution in [-0.2, 0) is 14.3 Å². The molecule has 1 rings (SSSR count). The number of rotatable bonds is 5. The summed E-state index contributed by atoms with van der Waals surface area (Å²) >= 11 is 0. The van der Waals surface area contributed by atoms with E-state index in [1.807, 2.05) is 20.8 Å². The lowest BCUT2D eigenvalue weighted by Crippen LogP contribution is -2.44. The van der Waals surface area contributed by atoms with Gasteiger partial charge in [-0.05, 0) is 27.8 Å². The summed E-state index contributed by atoms with van der Waals surface area (Å²) in [6, 6.07) is -0.274. The van der Waals surface area contributed by atoms with Crippen LogP contribution in [0.2, 0.25) is 0 Å². The van der Waals surface area contributed by atoms with Crippen LogP contribution in [0.15, 0.2) is 0 Å². The lowest BCUT2D eigenvalue weighted by molar-refractivity contribution is -0.145. The summed E-state index contributed by atoms with van der Waals surface area (Å²) in [4.78, 5) is 27.0. The SMILES string of the molecule is CCN(CC)C(=O)CN(C)C1CC(C)OC1=O. The lowest BCUT2D eigenvalue weighted by Gasteiger charge is -2.25. The Morgan fingerprint density at radius 3 is 2.41 bits per heavy atom. The molecule has 5 heteroatoms. The Morgan fingerprint density at radius 2 is 2.00 bits per heavy atom. The largest absolute Gasteiger partial charge is 0.461 e. The zero-order valence-electron chi connectivity index (χ0n) is 11.1. The molecule has 0 saturated carbocycles. The van der Waals surface area contributed by atoms with Crippen molar-refractivity contribution in [3.05, 3.63) is 0 Å². The molecule has 1 fully saturated rings. The predicted octanol–water partition coefficient (Wildman–Crippen LogP) is 0.491. The highest BCUT2D eigenvalue weighted by Crippen LogP contribution is 2.18. The molecule has 1 amide bonds. The fraction of sp³-hybridized carbons (Fsp3) is 0.833. The number of hydrogen-bond acceptors (Lipinski definition) is 4. The number of likely N-dealkylation sites (N-methyl/N-ethyl adjacent to an activating group) is 2. The fourth-order valence-electron chi connectivity index (χ4n) is 2.10. The van der Waals surface area contributed by atoms with Gasteiger partial charge >= 0.3 is 5.97 Å². The number of nitrogens with zero attached hydrogens (tertiary/aromatic N) is 2. The molecule has 0 aromatic carbocycles. The molecule has 17 heavy (non-hydrogen) atoms. The molecule has 0 aromatic rings. The smallest absolute Gasteiger partial charge is 0.323 e. The molecule has 1 heterocycles. The standard InChI is InChI=1S/C12H22N2O3/c1-5-14(6-2)11(15)8-13(4)10-7-9(3)17-12(10)16/h9-10H,5-8H2,1-4H3. The maximum atomic E-state index is 11.9. The minimum absolute atomic E-state index is 0.0431. The van der Waals surface area contributed by atoms with Gasteiger partial charge < -0.3 is 9.64 Å². The van der Waals surface area contributed by atoms with Gasteiger partial charge in [0.15, 0.2) is 0 Å². The van der Waals surface area contributed by atoms with Crippen molar-refractivity contribution in [1.29, 1.82) is 0 Å². The average molecular weight is 242 g/mol. The van der Waals surface area contributed by atoms with Gasteiger partial charge in [0.25, 0.3) is 0 Å². The molecule has 2 unspecified atom stereocenters. The number of ether oxygens (including phenoxy) is 1. The molecule has 1 aliphatic heterocycles. The van der Waals surface area contributed by atoms with Crippen molar-refractivity contribution in [2.75, 3.05) is 26.7 Å². The molecule has 0 bridgehead atoms. The summed E-state index contributed by atoms with van der Waals surface area (Å²) in [5, 5.41) is 0. The van der Waals surface area contributed by atoms with Gasteiger partial charge in [0, 0.05) is 19.5 Å². The number of carbonyl (C=O) groups is 2. The summed E-state index contributed by atoms with van der Waals surface area (Å²) in [6.45, 7) is 7.45. The van der Waals surface area contributed by atoms with E-state index in [-0.39, 0.29) is 30.6 Å². The summed E-state index contributed by atoms with van der Waals surface area (Å²) in [5.41, 5.74) is 0. The Hall–Kier alpha value is -1.10. The third-order valence-corrected chi connectivity index (χ3v) is 3.18. The minimum atomic E-state index is -0.274. The first-order chi connectivity index (χ1) is 7.99. The van der Waals surface area contributed by atoms with E-state index in [1.54, 1.807) is 16.8 Å². The molecule has 0 N–H and O–H groups in total. The van der Waals surface area contributed by atoms with Gasteiger partial charge in [-0.3, -0.25) is 14.5 Å². The number of amides is 1. The number of esters is 1. The van der Waals surface area contributed by atoms with Gasteiger partial charge in [0.2, 0.25) is 5.91 Å². The van der Waals surface area contributed by atoms with Gasteiger partial charge in [0.1, 0.15) is 12.1 Å². The van der Waals surface area contributed by atoms with Gasteiger partial charge in [-0.15, -0.1) is 0 Å². The molecule has 5 nitrogen and oxygen atoms in total. The van der Waals surface area contributed by atoms with Crippen molar-refractivity contribution < 1.29 is 14.3 Å². The van der Waals surface area contributed by atoms with E-state index in [2.05, 4.69) is 0 Å². The monoisotopic (exact) mass is 242 g/mol. The maximum absolute atomic E-state index is 11.9. The van der Waals surface area contributed by atoms with Crippen LogP contribution in [0.25, 0.3) is 0 Å². The van der Waals surface area contributed by atoms with Gasteiger partial charge in [-0.25, -0.2) is 0 Å². The van der Waals surface area contributed by atoms with Crippen molar-refractivity contribution >= 4 is 11.9 Å². The van der Waals surface area contributed by atoms with Crippen LogP contribution in [0.3, 0.4) is 0 Å². The summed E-state index contributed by atoms with van der Waals surface area (Å²) in [5.74, 6) is -0.155. The van der Waals surface area contributed by atoms with Crippen LogP contribution < -0.4 is 0 Å². The molecule has 0 aromatic heterocycles. The normalized spacial score (nSPS) is 23.9. The van der Waals surface area contributed by atoms with Crippen molar-refractivity contribution in [3.63, 3.8) is 0 Å². The first-order valence-electron chi connectivity index (χ1n) is 6.18. The van der Waals surface area contributed by atoms with E-state index < -0.39 is 0 Å². The molecular weight excluding hydrogens is 220 g/mol. The summed E-state index contributed by atoms with van der Waals surface area (Å²) < 4.78 is 5.08. The van der Waals surface area contributed by atoms with E-state index in [9.17, 15) is 9.59 Å². The van der Waals surface area contributed by atoms with Crippen LogP contribution in [0, 0.1) is 0 Å². The molecule has 0 aliphatic carbocycles. The van der Waals surface area contributed by atoms with Gasteiger partial charge in [-0.1, -0.05) is 0 Å². The molecule has 1 aliphatic rings. The summed E-state index contributed by atoms with van der Waals surface area (Å²) in [6.07, 6.45) is 0.624. The van der Waals surface area contributed by atoms with Crippen molar-refractivity contribution in [2.45, 2.75) is 39.3 Å².